The highest BCUT2D eigenvalue weighted by Gasteiger charge is 2.26. The van der Waals surface area contributed by atoms with E-state index in [0.29, 0.717) is 18.8 Å². The number of aryl methyl sites for hydroxylation is 2. The Morgan fingerprint density at radius 1 is 1.16 bits per heavy atom. The first-order valence-electron chi connectivity index (χ1n) is 8.28. The van der Waals surface area contributed by atoms with Crippen LogP contribution in [0.4, 0.5) is 5.69 Å². The van der Waals surface area contributed by atoms with Crippen molar-refractivity contribution in [3.8, 4) is 10.6 Å². The van der Waals surface area contributed by atoms with E-state index < -0.39 is 0 Å². The average molecular weight is 356 g/mol. The zero-order valence-electron chi connectivity index (χ0n) is 14.2. The second-order valence-electron chi connectivity index (χ2n) is 6.21. The largest absolute Gasteiger partial charge is 0.365 e. The predicted octanol–water partition coefficient (Wildman–Crippen LogP) is 2.44. The Hall–Kier alpha value is -2.61. The smallest absolute Gasteiger partial charge is 0.274 e. The van der Waals surface area contributed by atoms with Gasteiger partial charge in [-0.3, -0.25) is 15.0 Å². The van der Waals surface area contributed by atoms with Crippen molar-refractivity contribution in [1.82, 2.24) is 25.3 Å². The molecule has 3 aromatic heterocycles. The highest BCUT2D eigenvalue weighted by molar-refractivity contribution is 7.13. The number of carbonyl (C=O) groups excluding carboxylic acids is 1. The Morgan fingerprint density at radius 2 is 1.96 bits per heavy atom. The number of amides is 1. The maximum atomic E-state index is 12.7. The van der Waals surface area contributed by atoms with E-state index in [1.54, 1.807) is 11.3 Å². The van der Waals surface area contributed by atoms with Crippen LogP contribution in [0.1, 0.15) is 21.9 Å². The number of rotatable bonds is 3. The SMILES string of the molecule is Cc1n[nH]c(C)c1N1CCN(C(=O)c2cc(-c3cccs3)[nH]n2)CC1. The molecule has 0 spiro atoms. The third-order valence-electron chi connectivity index (χ3n) is 4.56. The monoisotopic (exact) mass is 356 g/mol. The fraction of sp³-hybridized carbons (Fsp3) is 0.353. The summed E-state index contributed by atoms with van der Waals surface area (Å²) in [5, 5.41) is 16.5. The minimum Gasteiger partial charge on any atom is -0.365 e. The molecule has 0 bridgehead atoms. The molecule has 7 nitrogen and oxygen atoms in total. The molecule has 1 aliphatic rings. The summed E-state index contributed by atoms with van der Waals surface area (Å²) >= 11 is 1.63. The molecule has 1 amide bonds. The van der Waals surface area contributed by atoms with Gasteiger partial charge in [0.25, 0.3) is 5.91 Å². The Balaban J connectivity index is 1.43. The van der Waals surface area contributed by atoms with E-state index in [-0.39, 0.29) is 5.91 Å². The number of aromatic amines is 2. The lowest BCUT2D eigenvalue weighted by Gasteiger charge is -2.35. The Labute approximate surface area is 149 Å². The maximum absolute atomic E-state index is 12.7. The summed E-state index contributed by atoms with van der Waals surface area (Å²) in [7, 11) is 0. The van der Waals surface area contributed by atoms with Gasteiger partial charge in [0, 0.05) is 26.2 Å². The van der Waals surface area contributed by atoms with Crippen molar-refractivity contribution in [2.75, 3.05) is 31.1 Å². The molecule has 1 fully saturated rings. The van der Waals surface area contributed by atoms with Gasteiger partial charge in [-0.2, -0.15) is 10.2 Å². The van der Waals surface area contributed by atoms with Crippen LogP contribution in [-0.4, -0.2) is 57.4 Å². The number of nitrogens with zero attached hydrogens (tertiary/aromatic N) is 4. The molecule has 4 heterocycles. The summed E-state index contributed by atoms with van der Waals surface area (Å²) in [5.41, 5.74) is 4.61. The molecule has 4 rings (SSSR count). The number of H-pyrrole nitrogens is 2. The Morgan fingerprint density at radius 3 is 2.60 bits per heavy atom. The molecule has 1 aliphatic heterocycles. The molecule has 25 heavy (non-hydrogen) atoms. The molecular weight excluding hydrogens is 336 g/mol. The topological polar surface area (TPSA) is 80.9 Å². The van der Waals surface area contributed by atoms with E-state index in [9.17, 15) is 4.79 Å². The van der Waals surface area contributed by atoms with Crippen LogP contribution >= 0.6 is 11.3 Å². The lowest BCUT2D eigenvalue weighted by Crippen LogP contribution is -2.49. The normalized spacial score (nSPS) is 15.0. The molecule has 0 aromatic carbocycles. The second-order valence-corrected chi connectivity index (χ2v) is 7.15. The van der Waals surface area contributed by atoms with Crippen molar-refractivity contribution in [2.45, 2.75) is 13.8 Å². The fourth-order valence-corrected chi connectivity index (χ4v) is 3.99. The number of nitrogens with one attached hydrogen (secondary N) is 2. The van der Waals surface area contributed by atoms with Crippen LogP contribution in [0.25, 0.3) is 10.6 Å². The van der Waals surface area contributed by atoms with Gasteiger partial charge in [-0.1, -0.05) is 6.07 Å². The second kappa shape index (κ2) is 6.36. The molecule has 0 radical (unpaired) electrons. The van der Waals surface area contributed by atoms with Crippen LogP contribution in [0.15, 0.2) is 23.6 Å². The van der Waals surface area contributed by atoms with Gasteiger partial charge < -0.3 is 9.80 Å². The maximum Gasteiger partial charge on any atom is 0.274 e. The van der Waals surface area contributed by atoms with Crippen molar-refractivity contribution in [3.63, 3.8) is 0 Å². The number of piperazine rings is 1. The molecule has 2 N–H and O–H groups in total. The number of thiophene rings is 1. The van der Waals surface area contributed by atoms with Crippen LogP contribution in [0.3, 0.4) is 0 Å². The van der Waals surface area contributed by atoms with Crippen LogP contribution in [0, 0.1) is 13.8 Å². The van der Waals surface area contributed by atoms with Crippen molar-refractivity contribution in [3.05, 3.63) is 40.7 Å². The summed E-state index contributed by atoms with van der Waals surface area (Å²) in [6, 6.07) is 5.84. The molecule has 0 saturated carbocycles. The van der Waals surface area contributed by atoms with E-state index >= 15 is 0 Å². The first-order valence-corrected chi connectivity index (χ1v) is 9.16. The summed E-state index contributed by atoms with van der Waals surface area (Å²) in [4.78, 5) is 18.0. The lowest BCUT2D eigenvalue weighted by atomic mass is 10.2. The van der Waals surface area contributed by atoms with Gasteiger partial charge in [-0.05, 0) is 31.4 Å². The standard InChI is InChI=1S/C17H20N6OS/c1-11-16(12(2)19-18-11)22-5-7-23(8-6-22)17(24)14-10-13(20-21-14)15-4-3-9-25-15/h3-4,9-10H,5-8H2,1-2H3,(H,18,19)(H,20,21). The van der Waals surface area contributed by atoms with Crippen molar-refractivity contribution >= 4 is 22.9 Å². The van der Waals surface area contributed by atoms with E-state index in [1.165, 1.54) is 0 Å². The zero-order valence-corrected chi connectivity index (χ0v) is 15.1. The Bertz CT molecular complexity index is 853. The van der Waals surface area contributed by atoms with Crippen molar-refractivity contribution < 1.29 is 4.79 Å². The summed E-state index contributed by atoms with van der Waals surface area (Å²) in [6.07, 6.45) is 0. The van der Waals surface area contributed by atoms with Gasteiger partial charge in [0.15, 0.2) is 5.69 Å². The first-order chi connectivity index (χ1) is 12.1. The average Bonchev–Trinajstić information content (AvgIpc) is 3.35. The van der Waals surface area contributed by atoms with E-state index in [2.05, 4.69) is 25.3 Å². The van der Waals surface area contributed by atoms with Crippen LogP contribution in [0.5, 0.6) is 0 Å². The van der Waals surface area contributed by atoms with Crippen molar-refractivity contribution in [2.24, 2.45) is 0 Å². The van der Waals surface area contributed by atoms with E-state index in [4.69, 9.17) is 0 Å². The summed E-state index contributed by atoms with van der Waals surface area (Å²) < 4.78 is 0. The molecule has 3 aromatic rings. The lowest BCUT2D eigenvalue weighted by molar-refractivity contribution is 0.0741. The Kier molecular flexibility index (Phi) is 4.04. The highest BCUT2D eigenvalue weighted by atomic mass is 32.1. The third kappa shape index (κ3) is 2.93. The molecule has 0 atom stereocenters. The van der Waals surface area contributed by atoms with E-state index in [0.717, 1.165) is 40.7 Å². The zero-order chi connectivity index (χ0) is 17.4. The number of carbonyl (C=O) groups is 1. The molecule has 1 saturated heterocycles. The van der Waals surface area contributed by atoms with Gasteiger partial charge in [0.1, 0.15) is 0 Å². The van der Waals surface area contributed by atoms with Gasteiger partial charge in [-0.15, -0.1) is 11.3 Å². The number of aromatic nitrogens is 4. The highest BCUT2D eigenvalue weighted by Crippen LogP contribution is 2.25. The third-order valence-corrected chi connectivity index (χ3v) is 5.46. The van der Waals surface area contributed by atoms with Crippen LogP contribution in [-0.2, 0) is 0 Å². The minimum absolute atomic E-state index is 0.0145. The van der Waals surface area contributed by atoms with Crippen LogP contribution < -0.4 is 4.90 Å². The van der Waals surface area contributed by atoms with Gasteiger partial charge in [-0.25, -0.2) is 0 Å². The fourth-order valence-electron chi connectivity index (χ4n) is 3.30. The summed E-state index contributed by atoms with van der Waals surface area (Å²) in [5.74, 6) is -0.0145. The number of hydrogen-bond acceptors (Lipinski definition) is 5. The minimum atomic E-state index is -0.0145. The molecular formula is C17H20N6OS. The summed E-state index contributed by atoms with van der Waals surface area (Å²) in [6.45, 7) is 7.01. The van der Waals surface area contributed by atoms with E-state index in [1.807, 2.05) is 42.3 Å². The molecule has 0 aliphatic carbocycles. The first kappa shape index (κ1) is 15.9. The number of hydrogen-bond donors (Lipinski definition) is 2. The van der Waals surface area contributed by atoms with Gasteiger partial charge >= 0.3 is 0 Å². The quantitative estimate of drug-likeness (QED) is 0.755. The van der Waals surface area contributed by atoms with Gasteiger partial charge in [0.05, 0.1) is 27.6 Å². The number of anilines is 1. The van der Waals surface area contributed by atoms with Crippen molar-refractivity contribution in [1.29, 1.82) is 0 Å². The molecule has 130 valence electrons. The van der Waals surface area contributed by atoms with Gasteiger partial charge in [0.2, 0.25) is 0 Å². The van der Waals surface area contributed by atoms with Crippen LogP contribution in [0.2, 0.25) is 0 Å². The predicted molar refractivity (Wildman–Crippen MR) is 98.1 cm³/mol. The molecule has 8 heteroatoms. The molecule has 0 unspecified atom stereocenters.